The summed E-state index contributed by atoms with van der Waals surface area (Å²) in [5.41, 5.74) is 0.884. The Morgan fingerprint density at radius 2 is 2.00 bits per heavy atom. The predicted octanol–water partition coefficient (Wildman–Crippen LogP) is 2.78. The first-order valence-electron chi connectivity index (χ1n) is 6.83. The largest absolute Gasteiger partial charge is 0.326 e. The second-order valence-electron chi connectivity index (χ2n) is 5.09. The second kappa shape index (κ2) is 5.41. The Kier molecular flexibility index (Phi) is 3.47. The van der Waals surface area contributed by atoms with Crippen molar-refractivity contribution >= 4 is 22.4 Å². The maximum atomic E-state index is 12.2. The Morgan fingerprint density at radius 1 is 1.16 bits per heavy atom. The quantitative estimate of drug-likeness (QED) is 0.865. The summed E-state index contributed by atoms with van der Waals surface area (Å²) in [4.78, 5) is 12.2. The van der Waals surface area contributed by atoms with Crippen LogP contribution in [0.25, 0.3) is 10.8 Å². The van der Waals surface area contributed by atoms with Gasteiger partial charge in [-0.3, -0.25) is 4.79 Å². The molecule has 1 atom stereocenters. The van der Waals surface area contributed by atoms with E-state index in [0.717, 1.165) is 37.0 Å². The van der Waals surface area contributed by atoms with E-state index in [9.17, 15) is 4.79 Å². The van der Waals surface area contributed by atoms with Crippen LogP contribution in [-0.2, 0) is 4.79 Å². The first-order valence-corrected chi connectivity index (χ1v) is 6.83. The fourth-order valence-electron chi connectivity index (χ4n) is 2.59. The molecule has 98 valence electrons. The van der Waals surface area contributed by atoms with Crippen LogP contribution in [0.3, 0.4) is 0 Å². The van der Waals surface area contributed by atoms with Crippen molar-refractivity contribution in [1.29, 1.82) is 0 Å². The molecule has 19 heavy (non-hydrogen) atoms. The lowest BCUT2D eigenvalue weighted by Gasteiger charge is -2.21. The molecule has 2 N–H and O–H groups in total. The van der Waals surface area contributed by atoms with Crippen LogP contribution >= 0.6 is 0 Å². The lowest BCUT2D eigenvalue weighted by Crippen LogP contribution is -2.37. The zero-order chi connectivity index (χ0) is 13.1. The van der Waals surface area contributed by atoms with E-state index in [4.69, 9.17) is 0 Å². The minimum atomic E-state index is 0.0974. The van der Waals surface area contributed by atoms with Crippen LogP contribution in [0.4, 0.5) is 5.69 Å². The molecule has 0 unspecified atom stereocenters. The summed E-state index contributed by atoms with van der Waals surface area (Å²) in [5.74, 6) is 0.225. The molecule has 2 aromatic carbocycles. The maximum absolute atomic E-state index is 12.2. The zero-order valence-electron chi connectivity index (χ0n) is 10.9. The number of benzene rings is 2. The number of hydrogen-bond donors (Lipinski definition) is 2. The van der Waals surface area contributed by atoms with Crippen LogP contribution in [0.2, 0.25) is 0 Å². The number of nitrogens with one attached hydrogen (secondary N) is 2. The normalized spacial score (nSPS) is 19.3. The summed E-state index contributed by atoms with van der Waals surface area (Å²) in [7, 11) is 0. The van der Waals surface area contributed by atoms with Gasteiger partial charge >= 0.3 is 0 Å². The third-order valence-corrected chi connectivity index (χ3v) is 3.68. The molecule has 0 bridgehead atoms. The molecule has 1 aliphatic heterocycles. The molecule has 0 saturated carbocycles. The third-order valence-electron chi connectivity index (χ3n) is 3.68. The molecule has 3 rings (SSSR count). The minimum Gasteiger partial charge on any atom is -0.326 e. The lowest BCUT2D eigenvalue weighted by molar-refractivity contribution is -0.120. The van der Waals surface area contributed by atoms with Crippen LogP contribution in [-0.4, -0.2) is 19.0 Å². The van der Waals surface area contributed by atoms with Gasteiger partial charge in [-0.15, -0.1) is 0 Å². The van der Waals surface area contributed by atoms with Gasteiger partial charge in [0.25, 0.3) is 0 Å². The minimum absolute atomic E-state index is 0.0974. The van der Waals surface area contributed by atoms with E-state index < -0.39 is 0 Å². The zero-order valence-corrected chi connectivity index (χ0v) is 10.9. The highest BCUT2D eigenvalue weighted by Gasteiger charge is 2.20. The molecule has 0 aliphatic carbocycles. The van der Waals surface area contributed by atoms with Gasteiger partial charge in [0, 0.05) is 12.2 Å². The summed E-state index contributed by atoms with van der Waals surface area (Å²) in [5, 5.41) is 8.64. The van der Waals surface area contributed by atoms with Crippen LogP contribution in [0.1, 0.15) is 12.8 Å². The number of anilines is 1. The van der Waals surface area contributed by atoms with E-state index in [1.165, 1.54) is 5.39 Å². The Labute approximate surface area is 113 Å². The number of amides is 1. The third kappa shape index (κ3) is 2.76. The van der Waals surface area contributed by atoms with Gasteiger partial charge in [-0.2, -0.15) is 0 Å². The van der Waals surface area contributed by atoms with E-state index in [1.54, 1.807) is 0 Å². The molecule has 0 spiro atoms. The van der Waals surface area contributed by atoms with Gasteiger partial charge in [0.2, 0.25) is 5.91 Å². The average molecular weight is 254 g/mol. The second-order valence-corrected chi connectivity index (χ2v) is 5.09. The van der Waals surface area contributed by atoms with Crippen LogP contribution in [0, 0.1) is 5.92 Å². The van der Waals surface area contributed by atoms with Gasteiger partial charge in [-0.25, -0.2) is 0 Å². The number of fused-ring (bicyclic) bond motifs is 1. The number of piperidine rings is 1. The van der Waals surface area contributed by atoms with E-state index >= 15 is 0 Å². The van der Waals surface area contributed by atoms with Crippen molar-refractivity contribution in [1.82, 2.24) is 5.32 Å². The van der Waals surface area contributed by atoms with E-state index in [-0.39, 0.29) is 11.8 Å². The van der Waals surface area contributed by atoms with E-state index in [0.29, 0.717) is 0 Å². The van der Waals surface area contributed by atoms with Crippen molar-refractivity contribution in [2.45, 2.75) is 12.8 Å². The molecule has 1 fully saturated rings. The highest BCUT2D eigenvalue weighted by Crippen LogP contribution is 2.20. The highest BCUT2D eigenvalue weighted by atomic mass is 16.1. The summed E-state index contributed by atoms with van der Waals surface area (Å²) in [6.07, 6.45) is 2.06. The van der Waals surface area contributed by atoms with E-state index in [2.05, 4.69) is 22.8 Å². The van der Waals surface area contributed by atoms with Crippen molar-refractivity contribution in [3.8, 4) is 0 Å². The summed E-state index contributed by atoms with van der Waals surface area (Å²) in [6.45, 7) is 1.82. The SMILES string of the molecule is O=C(Nc1ccc2ccccc2c1)[C@@H]1CCCNC1. The molecule has 0 radical (unpaired) electrons. The van der Waals surface area contributed by atoms with Gasteiger partial charge in [0.1, 0.15) is 0 Å². The van der Waals surface area contributed by atoms with Gasteiger partial charge in [0.05, 0.1) is 5.92 Å². The van der Waals surface area contributed by atoms with E-state index in [1.807, 2.05) is 30.3 Å². The highest BCUT2D eigenvalue weighted by molar-refractivity contribution is 5.95. The summed E-state index contributed by atoms with van der Waals surface area (Å²) >= 11 is 0. The van der Waals surface area contributed by atoms with Crippen LogP contribution < -0.4 is 10.6 Å². The predicted molar refractivity (Wildman–Crippen MR) is 78.2 cm³/mol. The van der Waals surface area contributed by atoms with Crippen molar-refractivity contribution in [2.75, 3.05) is 18.4 Å². The summed E-state index contributed by atoms with van der Waals surface area (Å²) < 4.78 is 0. The van der Waals surface area contributed by atoms with Gasteiger partial charge in [0.15, 0.2) is 0 Å². The average Bonchev–Trinajstić information content (AvgIpc) is 2.48. The topological polar surface area (TPSA) is 41.1 Å². The Bertz CT molecular complexity index is 588. The van der Waals surface area contributed by atoms with Crippen LogP contribution in [0.15, 0.2) is 42.5 Å². The molecule has 2 aromatic rings. The van der Waals surface area contributed by atoms with Gasteiger partial charge < -0.3 is 10.6 Å². The number of carbonyl (C=O) groups is 1. The van der Waals surface area contributed by atoms with Crippen molar-refractivity contribution in [2.24, 2.45) is 5.92 Å². The van der Waals surface area contributed by atoms with Crippen molar-refractivity contribution in [3.05, 3.63) is 42.5 Å². The van der Waals surface area contributed by atoms with Crippen molar-refractivity contribution in [3.63, 3.8) is 0 Å². The van der Waals surface area contributed by atoms with Crippen molar-refractivity contribution < 1.29 is 4.79 Å². The number of carbonyl (C=O) groups excluding carboxylic acids is 1. The monoisotopic (exact) mass is 254 g/mol. The fourth-order valence-corrected chi connectivity index (χ4v) is 2.59. The molecular weight excluding hydrogens is 236 g/mol. The molecule has 1 heterocycles. The van der Waals surface area contributed by atoms with Gasteiger partial charge in [-0.1, -0.05) is 30.3 Å². The smallest absolute Gasteiger partial charge is 0.228 e. The number of rotatable bonds is 2. The molecule has 1 saturated heterocycles. The Balaban J connectivity index is 1.75. The molecule has 1 amide bonds. The molecule has 3 heteroatoms. The first-order chi connectivity index (χ1) is 9.33. The van der Waals surface area contributed by atoms with Gasteiger partial charge in [-0.05, 0) is 42.3 Å². The summed E-state index contributed by atoms with van der Waals surface area (Å²) in [6, 6.07) is 14.2. The fraction of sp³-hybridized carbons (Fsp3) is 0.312. The maximum Gasteiger partial charge on any atom is 0.228 e. The molecular formula is C16H18N2O. The molecule has 0 aromatic heterocycles. The Hall–Kier alpha value is -1.87. The Morgan fingerprint density at radius 3 is 2.79 bits per heavy atom. The number of hydrogen-bond acceptors (Lipinski definition) is 2. The standard InChI is InChI=1S/C16H18N2O/c19-16(14-6-3-9-17-11-14)18-15-8-7-12-4-1-2-5-13(12)10-15/h1-2,4-5,7-8,10,14,17H,3,6,9,11H2,(H,18,19)/t14-/m1/s1. The molecule has 1 aliphatic rings. The first kappa shape index (κ1) is 12.2. The lowest BCUT2D eigenvalue weighted by atomic mass is 9.98. The molecule has 3 nitrogen and oxygen atoms in total. The van der Waals surface area contributed by atoms with Crippen LogP contribution in [0.5, 0.6) is 0 Å².